The van der Waals surface area contributed by atoms with Gasteiger partial charge in [-0.2, -0.15) is 0 Å². The van der Waals surface area contributed by atoms with Crippen LogP contribution in [-0.4, -0.2) is 12.6 Å². The molecule has 0 fully saturated rings. The molecule has 0 amide bonds. The fraction of sp³-hybridized carbons (Fsp3) is 0.500. The van der Waals surface area contributed by atoms with Crippen molar-refractivity contribution < 1.29 is 4.74 Å². The molecule has 2 unspecified atom stereocenters. The lowest BCUT2D eigenvalue weighted by molar-refractivity contribution is 0.210. The zero-order valence-corrected chi connectivity index (χ0v) is 10.9. The van der Waals surface area contributed by atoms with E-state index in [0.717, 1.165) is 24.3 Å². The predicted octanol–water partition coefficient (Wildman–Crippen LogP) is 3.82. The molecule has 0 saturated carbocycles. The molecule has 2 atom stereocenters. The summed E-state index contributed by atoms with van der Waals surface area (Å²) in [5.74, 6) is 0.732. The van der Waals surface area contributed by atoms with E-state index in [1.165, 1.54) is 0 Å². The Morgan fingerprint density at radius 2 is 2.12 bits per heavy atom. The fourth-order valence-corrected chi connectivity index (χ4v) is 2.36. The van der Waals surface area contributed by atoms with E-state index in [1.807, 2.05) is 19.1 Å². The molecule has 1 aliphatic heterocycles. The third-order valence-electron chi connectivity index (χ3n) is 2.80. The predicted molar refractivity (Wildman–Crippen MR) is 67.6 cm³/mol. The molecule has 1 heterocycles. The number of halogens is 2. The van der Waals surface area contributed by atoms with Gasteiger partial charge in [-0.1, -0.05) is 36.2 Å². The Morgan fingerprint density at radius 3 is 2.81 bits per heavy atom. The number of nitrogens with one attached hydrogen (secondary N) is 1. The van der Waals surface area contributed by atoms with E-state index in [4.69, 9.17) is 27.9 Å². The summed E-state index contributed by atoms with van der Waals surface area (Å²) in [7, 11) is 0. The molecule has 0 aliphatic carbocycles. The zero-order chi connectivity index (χ0) is 11.7. The Labute approximate surface area is 106 Å². The summed E-state index contributed by atoms with van der Waals surface area (Å²) in [4.78, 5) is 0. The molecule has 0 aromatic heterocycles. The van der Waals surface area contributed by atoms with Gasteiger partial charge < -0.3 is 10.1 Å². The first kappa shape index (κ1) is 12.0. The van der Waals surface area contributed by atoms with Crippen molar-refractivity contribution in [3.05, 3.63) is 27.7 Å². The number of hydrogen-bond acceptors (Lipinski definition) is 2. The Hall–Kier alpha value is -0.440. The fourth-order valence-electron chi connectivity index (χ4n) is 1.99. The molecule has 2 rings (SSSR count). The second-order valence-electron chi connectivity index (χ2n) is 4.03. The van der Waals surface area contributed by atoms with E-state index in [-0.39, 0.29) is 12.1 Å². The monoisotopic (exact) mass is 259 g/mol. The third kappa shape index (κ3) is 2.02. The van der Waals surface area contributed by atoms with Crippen LogP contribution < -0.4 is 10.1 Å². The Morgan fingerprint density at radius 1 is 1.38 bits per heavy atom. The molecule has 0 spiro atoms. The molecule has 1 N–H and O–H groups in total. The molecule has 1 aromatic rings. The number of ether oxygens (including phenoxy) is 1. The summed E-state index contributed by atoms with van der Waals surface area (Å²) in [5.41, 5.74) is 1.11. The van der Waals surface area contributed by atoms with Crippen molar-refractivity contribution in [2.45, 2.75) is 32.4 Å². The van der Waals surface area contributed by atoms with Gasteiger partial charge in [0.2, 0.25) is 0 Å². The summed E-state index contributed by atoms with van der Waals surface area (Å²) in [6.45, 7) is 5.15. The van der Waals surface area contributed by atoms with E-state index in [2.05, 4.69) is 12.2 Å². The SMILES string of the molecule is CCCNC1c2ccc(Cl)c(Cl)c2OC1C. The first-order chi connectivity index (χ1) is 7.65. The Kier molecular flexibility index (Phi) is 3.63. The lowest BCUT2D eigenvalue weighted by atomic mass is 10.0. The molecule has 1 aromatic carbocycles. The summed E-state index contributed by atoms with van der Waals surface area (Å²) in [6, 6.07) is 4.02. The van der Waals surface area contributed by atoms with Crippen LogP contribution >= 0.6 is 23.2 Å². The van der Waals surface area contributed by atoms with Crippen molar-refractivity contribution in [2.75, 3.05) is 6.54 Å². The van der Waals surface area contributed by atoms with E-state index < -0.39 is 0 Å². The van der Waals surface area contributed by atoms with Gasteiger partial charge in [-0.05, 0) is 26.0 Å². The molecule has 88 valence electrons. The second-order valence-corrected chi connectivity index (χ2v) is 4.82. The topological polar surface area (TPSA) is 21.3 Å². The van der Waals surface area contributed by atoms with Crippen LogP contribution in [0.1, 0.15) is 31.9 Å². The van der Waals surface area contributed by atoms with Crippen molar-refractivity contribution >= 4 is 23.2 Å². The van der Waals surface area contributed by atoms with Gasteiger partial charge in [-0.25, -0.2) is 0 Å². The van der Waals surface area contributed by atoms with Crippen LogP contribution in [0.4, 0.5) is 0 Å². The maximum atomic E-state index is 6.12. The molecule has 0 radical (unpaired) electrons. The largest absolute Gasteiger partial charge is 0.487 e. The average molecular weight is 260 g/mol. The van der Waals surface area contributed by atoms with Gasteiger partial charge in [0.25, 0.3) is 0 Å². The lowest BCUT2D eigenvalue weighted by Crippen LogP contribution is -2.29. The van der Waals surface area contributed by atoms with Crippen LogP contribution in [0.25, 0.3) is 0 Å². The minimum atomic E-state index is 0.0949. The molecule has 16 heavy (non-hydrogen) atoms. The van der Waals surface area contributed by atoms with E-state index >= 15 is 0 Å². The van der Waals surface area contributed by atoms with Gasteiger partial charge in [-0.3, -0.25) is 0 Å². The summed E-state index contributed by atoms with van der Waals surface area (Å²) in [5, 5.41) is 4.52. The smallest absolute Gasteiger partial charge is 0.144 e. The number of benzene rings is 1. The molecule has 2 nitrogen and oxygen atoms in total. The van der Waals surface area contributed by atoms with Crippen molar-refractivity contribution in [1.82, 2.24) is 5.32 Å². The van der Waals surface area contributed by atoms with Crippen LogP contribution in [0.3, 0.4) is 0 Å². The Balaban J connectivity index is 2.31. The number of hydrogen-bond donors (Lipinski definition) is 1. The molecular formula is C12H15Cl2NO. The molecule has 1 aliphatic rings. The third-order valence-corrected chi connectivity index (χ3v) is 3.59. The zero-order valence-electron chi connectivity index (χ0n) is 9.39. The highest BCUT2D eigenvalue weighted by molar-refractivity contribution is 6.43. The summed E-state index contributed by atoms with van der Waals surface area (Å²) >= 11 is 12.1. The van der Waals surface area contributed by atoms with Gasteiger partial charge in [0.1, 0.15) is 16.9 Å². The Bertz CT molecular complexity index is 395. The average Bonchev–Trinajstić information content (AvgIpc) is 2.58. The van der Waals surface area contributed by atoms with Crippen LogP contribution in [0.15, 0.2) is 12.1 Å². The maximum absolute atomic E-state index is 6.12. The minimum absolute atomic E-state index is 0.0949. The van der Waals surface area contributed by atoms with Crippen LogP contribution in [-0.2, 0) is 0 Å². The number of fused-ring (bicyclic) bond motifs is 1. The van der Waals surface area contributed by atoms with E-state index in [9.17, 15) is 0 Å². The highest BCUT2D eigenvalue weighted by Gasteiger charge is 2.32. The van der Waals surface area contributed by atoms with Gasteiger partial charge in [0.15, 0.2) is 0 Å². The van der Waals surface area contributed by atoms with Crippen molar-refractivity contribution in [1.29, 1.82) is 0 Å². The van der Waals surface area contributed by atoms with Crippen LogP contribution in [0, 0.1) is 0 Å². The van der Waals surface area contributed by atoms with Gasteiger partial charge in [0, 0.05) is 5.56 Å². The van der Waals surface area contributed by atoms with Crippen LogP contribution in [0.5, 0.6) is 5.75 Å². The maximum Gasteiger partial charge on any atom is 0.144 e. The highest BCUT2D eigenvalue weighted by Crippen LogP contribution is 2.44. The van der Waals surface area contributed by atoms with Gasteiger partial charge in [0.05, 0.1) is 11.1 Å². The van der Waals surface area contributed by atoms with Crippen molar-refractivity contribution in [3.63, 3.8) is 0 Å². The summed E-state index contributed by atoms with van der Waals surface area (Å²) < 4.78 is 5.75. The van der Waals surface area contributed by atoms with E-state index in [0.29, 0.717) is 10.0 Å². The quantitative estimate of drug-likeness (QED) is 0.892. The summed E-state index contributed by atoms with van der Waals surface area (Å²) in [6.07, 6.45) is 1.19. The van der Waals surface area contributed by atoms with Gasteiger partial charge >= 0.3 is 0 Å². The lowest BCUT2D eigenvalue weighted by Gasteiger charge is -2.15. The number of rotatable bonds is 3. The highest BCUT2D eigenvalue weighted by atomic mass is 35.5. The van der Waals surface area contributed by atoms with E-state index in [1.54, 1.807) is 0 Å². The molecule has 0 bridgehead atoms. The first-order valence-corrected chi connectivity index (χ1v) is 6.28. The normalized spacial score (nSPS) is 23.0. The molecular weight excluding hydrogens is 245 g/mol. The van der Waals surface area contributed by atoms with Crippen molar-refractivity contribution in [3.8, 4) is 5.75 Å². The molecule has 0 saturated heterocycles. The van der Waals surface area contributed by atoms with Crippen molar-refractivity contribution in [2.24, 2.45) is 0 Å². The standard InChI is InChI=1S/C12H15Cl2NO/c1-3-6-15-11-7(2)16-12-8(11)4-5-9(13)10(12)14/h4-5,7,11,15H,3,6H2,1-2H3. The molecule has 4 heteroatoms. The van der Waals surface area contributed by atoms with Gasteiger partial charge in [-0.15, -0.1) is 0 Å². The minimum Gasteiger partial charge on any atom is -0.487 e. The first-order valence-electron chi connectivity index (χ1n) is 5.53. The second kappa shape index (κ2) is 4.82. The van der Waals surface area contributed by atoms with Crippen LogP contribution in [0.2, 0.25) is 10.0 Å².